The van der Waals surface area contributed by atoms with Gasteiger partial charge in [0, 0.05) is 9.13 Å². The number of anilines is 1. The van der Waals surface area contributed by atoms with E-state index in [-0.39, 0.29) is 5.91 Å². The molecule has 0 radical (unpaired) electrons. The van der Waals surface area contributed by atoms with Crippen LogP contribution in [-0.2, 0) is 0 Å². The average Bonchev–Trinajstić information content (AvgIpc) is 2.43. The van der Waals surface area contributed by atoms with Crippen molar-refractivity contribution >= 4 is 34.3 Å². The third kappa shape index (κ3) is 3.69. The van der Waals surface area contributed by atoms with E-state index in [9.17, 15) is 4.79 Å². The molecule has 0 fully saturated rings. The van der Waals surface area contributed by atoms with Crippen LogP contribution < -0.4 is 10.1 Å². The normalized spacial score (nSPS) is 10.2. The molecule has 1 aromatic heterocycles. The summed E-state index contributed by atoms with van der Waals surface area (Å²) in [5.41, 5.74) is 1.44. The largest absolute Gasteiger partial charge is 0.494 e. The summed E-state index contributed by atoms with van der Waals surface area (Å²) in [6.45, 7) is 4.39. The van der Waals surface area contributed by atoms with Crippen LogP contribution in [0, 0.1) is 10.5 Å². The zero-order valence-electron chi connectivity index (χ0n) is 11.3. The van der Waals surface area contributed by atoms with Crippen molar-refractivity contribution in [1.29, 1.82) is 0 Å². The number of pyridine rings is 1. The first-order valence-electron chi connectivity index (χ1n) is 6.27. The van der Waals surface area contributed by atoms with Gasteiger partial charge in [-0.3, -0.25) is 4.79 Å². The number of aromatic nitrogens is 1. The number of carbonyl (C=O) groups is 1. The van der Waals surface area contributed by atoms with Gasteiger partial charge in [0.25, 0.3) is 5.91 Å². The number of carbonyl (C=O) groups excluding carboxylic acids is 1. The van der Waals surface area contributed by atoms with Gasteiger partial charge >= 0.3 is 0 Å². The summed E-state index contributed by atoms with van der Waals surface area (Å²) in [7, 11) is 0. The lowest BCUT2D eigenvalue weighted by Crippen LogP contribution is -2.13. The van der Waals surface area contributed by atoms with E-state index in [1.165, 1.54) is 0 Å². The Bertz CT molecular complexity index is 629. The lowest BCUT2D eigenvalue weighted by atomic mass is 10.2. The molecule has 0 aliphatic carbocycles. The van der Waals surface area contributed by atoms with Crippen molar-refractivity contribution in [1.82, 2.24) is 4.98 Å². The molecule has 0 atom stereocenters. The molecule has 0 saturated heterocycles. The second-order valence-electron chi connectivity index (χ2n) is 4.18. The van der Waals surface area contributed by atoms with Crippen LogP contribution >= 0.6 is 22.6 Å². The number of amides is 1. The first-order chi connectivity index (χ1) is 9.60. The van der Waals surface area contributed by atoms with Crippen molar-refractivity contribution in [2.45, 2.75) is 13.8 Å². The standard InChI is InChI=1S/C15H15IN2O2/c1-3-20-12-6-4-5-11(9-12)15(19)18-14-8-7-13(16)10(2)17-14/h4-9H,3H2,1-2H3,(H,17,18,19). The predicted octanol–water partition coefficient (Wildman–Crippen LogP) is 3.65. The van der Waals surface area contributed by atoms with Gasteiger partial charge < -0.3 is 10.1 Å². The summed E-state index contributed by atoms with van der Waals surface area (Å²) in [4.78, 5) is 16.5. The Labute approximate surface area is 131 Å². The van der Waals surface area contributed by atoms with Gasteiger partial charge in [-0.2, -0.15) is 0 Å². The third-order valence-electron chi connectivity index (χ3n) is 2.67. The van der Waals surface area contributed by atoms with E-state index in [1.54, 1.807) is 24.3 Å². The highest BCUT2D eigenvalue weighted by atomic mass is 127. The van der Waals surface area contributed by atoms with Crippen LogP contribution in [0.4, 0.5) is 5.82 Å². The third-order valence-corrected chi connectivity index (χ3v) is 3.81. The fourth-order valence-corrected chi connectivity index (χ4v) is 2.00. The van der Waals surface area contributed by atoms with Crippen LogP contribution in [0.5, 0.6) is 5.75 Å². The van der Waals surface area contributed by atoms with E-state index in [2.05, 4.69) is 32.9 Å². The molecule has 0 aliphatic rings. The molecule has 1 N–H and O–H groups in total. The lowest BCUT2D eigenvalue weighted by Gasteiger charge is -2.08. The van der Waals surface area contributed by atoms with Crippen LogP contribution in [0.15, 0.2) is 36.4 Å². The maximum atomic E-state index is 12.2. The minimum absolute atomic E-state index is 0.195. The monoisotopic (exact) mass is 382 g/mol. The van der Waals surface area contributed by atoms with E-state index >= 15 is 0 Å². The van der Waals surface area contributed by atoms with Gasteiger partial charge in [0.05, 0.1) is 12.3 Å². The second kappa shape index (κ2) is 6.69. The average molecular weight is 382 g/mol. The van der Waals surface area contributed by atoms with Gasteiger partial charge in [0.1, 0.15) is 11.6 Å². The second-order valence-corrected chi connectivity index (χ2v) is 5.34. The van der Waals surface area contributed by atoms with Crippen molar-refractivity contribution in [2.75, 3.05) is 11.9 Å². The Balaban J connectivity index is 2.15. The van der Waals surface area contributed by atoms with Crippen LogP contribution in [-0.4, -0.2) is 17.5 Å². The molecule has 2 aromatic rings. The molecule has 0 spiro atoms. The van der Waals surface area contributed by atoms with Crippen molar-refractivity contribution < 1.29 is 9.53 Å². The van der Waals surface area contributed by atoms with Crippen LogP contribution in [0.1, 0.15) is 23.0 Å². The first-order valence-corrected chi connectivity index (χ1v) is 7.35. The number of hydrogen-bond acceptors (Lipinski definition) is 3. The van der Waals surface area contributed by atoms with E-state index in [1.807, 2.05) is 26.0 Å². The molecule has 4 nitrogen and oxygen atoms in total. The number of hydrogen-bond donors (Lipinski definition) is 1. The Hall–Kier alpha value is -1.63. The van der Waals surface area contributed by atoms with E-state index in [0.717, 1.165) is 9.26 Å². The van der Waals surface area contributed by atoms with Gasteiger partial charge in [-0.1, -0.05) is 6.07 Å². The van der Waals surface area contributed by atoms with Gasteiger partial charge in [-0.05, 0) is 66.8 Å². The summed E-state index contributed by atoms with van der Waals surface area (Å²) in [6, 6.07) is 10.8. The maximum Gasteiger partial charge on any atom is 0.256 e. The number of ether oxygens (including phenoxy) is 1. The van der Waals surface area contributed by atoms with E-state index < -0.39 is 0 Å². The summed E-state index contributed by atoms with van der Waals surface area (Å²) in [6.07, 6.45) is 0. The predicted molar refractivity (Wildman–Crippen MR) is 87.3 cm³/mol. The number of halogens is 1. The number of aryl methyl sites for hydroxylation is 1. The number of rotatable bonds is 4. The van der Waals surface area contributed by atoms with Gasteiger partial charge in [-0.15, -0.1) is 0 Å². The van der Waals surface area contributed by atoms with Crippen LogP contribution in [0.2, 0.25) is 0 Å². The summed E-state index contributed by atoms with van der Waals surface area (Å²) in [5.74, 6) is 1.04. The highest BCUT2D eigenvalue weighted by molar-refractivity contribution is 14.1. The number of nitrogens with one attached hydrogen (secondary N) is 1. The molecular formula is C15H15IN2O2. The van der Waals surface area contributed by atoms with E-state index in [4.69, 9.17) is 4.74 Å². The SMILES string of the molecule is CCOc1cccc(C(=O)Nc2ccc(I)c(C)n2)c1. The summed E-state index contributed by atoms with van der Waals surface area (Å²) >= 11 is 2.21. The molecule has 5 heteroatoms. The number of nitrogens with zero attached hydrogens (tertiary/aromatic N) is 1. The molecule has 0 unspecified atom stereocenters. The highest BCUT2D eigenvalue weighted by Crippen LogP contribution is 2.16. The smallest absolute Gasteiger partial charge is 0.256 e. The Morgan fingerprint density at radius 2 is 2.15 bits per heavy atom. The molecular weight excluding hydrogens is 367 g/mol. The minimum Gasteiger partial charge on any atom is -0.494 e. The zero-order valence-corrected chi connectivity index (χ0v) is 13.5. The molecule has 2 rings (SSSR count). The molecule has 20 heavy (non-hydrogen) atoms. The van der Waals surface area contributed by atoms with Crippen molar-refractivity contribution in [2.24, 2.45) is 0 Å². The Kier molecular flexibility index (Phi) is 4.94. The van der Waals surface area contributed by atoms with Crippen molar-refractivity contribution in [3.8, 4) is 5.75 Å². The molecule has 0 aliphatic heterocycles. The van der Waals surface area contributed by atoms with Crippen LogP contribution in [0.3, 0.4) is 0 Å². The van der Waals surface area contributed by atoms with Crippen LogP contribution in [0.25, 0.3) is 0 Å². The van der Waals surface area contributed by atoms with Gasteiger partial charge in [0.15, 0.2) is 0 Å². The molecule has 0 bridgehead atoms. The Morgan fingerprint density at radius 3 is 2.85 bits per heavy atom. The molecule has 1 amide bonds. The molecule has 1 aromatic carbocycles. The lowest BCUT2D eigenvalue weighted by molar-refractivity contribution is 0.102. The topological polar surface area (TPSA) is 51.2 Å². The summed E-state index contributed by atoms with van der Waals surface area (Å²) < 4.78 is 6.45. The van der Waals surface area contributed by atoms with Gasteiger partial charge in [-0.25, -0.2) is 4.98 Å². The molecule has 1 heterocycles. The van der Waals surface area contributed by atoms with E-state index in [0.29, 0.717) is 23.7 Å². The fourth-order valence-electron chi connectivity index (χ4n) is 1.70. The highest BCUT2D eigenvalue weighted by Gasteiger charge is 2.08. The minimum atomic E-state index is -0.195. The fraction of sp³-hybridized carbons (Fsp3) is 0.200. The molecule has 0 saturated carbocycles. The maximum absolute atomic E-state index is 12.2. The van der Waals surface area contributed by atoms with Crippen molar-refractivity contribution in [3.63, 3.8) is 0 Å². The summed E-state index contributed by atoms with van der Waals surface area (Å²) in [5, 5.41) is 2.79. The zero-order chi connectivity index (χ0) is 14.5. The quantitative estimate of drug-likeness (QED) is 0.822. The van der Waals surface area contributed by atoms with Crippen molar-refractivity contribution in [3.05, 3.63) is 51.2 Å². The van der Waals surface area contributed by atoms with Gasteiger partial charge in [0.2, 0.25) is 0 Å². The number of benzene rings is 1. The first kappa shape index (κ1) is 14.8. The molecule has 104 valence electrons. The Morgan fingerprint density at radius 1 is 1.35 bits per heavy atom.